The lowest BCUT2D eigenvalue weighted by atomic mass is 10.0. The van der Waals surface area contributed by atoms with Gasteiger partial charge in [-0.1, -0.05) is 54.6 Å². The Morgan fingerprint density at radius 1 is 0.897 bits per heavy atom. The monoisotopic (exact) mass is 399 g/mol. The van der Waals surface area contributed by atoms with Crippen LogP contribution >= 0.6 is 0 Å². The Labute approximate surface area is 169 Å². The van der Waals surface area contributed by atoms with Crippen LogP contribution in [0.4, 0.5) is 0 Å². The highest BCUT2D eigenvalue weighted by Gasteiger charge is 2.42. The van der Waals surface area contributed by atoms with Crippen LogP contribution in [0.1, 0.15) is 19.4 Å². The quantitative estimate of drug-likeness (QED) is 0.220. The average Bonchev–Trinajstić information content (AvgIpc) is 2.75. The van der Waals surface area contributed by atoms with E-state index in [-0.39, 0.29) is 25.6 Å². The number of rotatable bonds is 9. The maximum Gasteiger partial charge on any atom is 0.285 e. The van der Waals surface area contributed by atoms with Crippen LogP contribution in [0.5, 0.6) is 0 Å². The summed E-state index contributed by atoms with van der Waals surface area (Å²) in [5.74, 6) is -1.95. The third-order valence-electron chi connectivity index (χ3n) is 4.34. The highest BCUT2D eigenvalue weighted by Crippen LogP contribution is 2.21. The maximum atomic E-state index is 12.4. The van der Waals surface area contributed by atoms with Gasteiger partial charge >= 0.3 is 0 Å². The van der Waals surface area contributed by atoms with E-state index in [4.69, 9.17) is 9.94 Å². The molecule has 2 aromatic carbocycles. The zero-order valence-corrected chi connectivity index (χ0v) is 16.4. The molecule has 8 heteroatoms. The summed E-state index contributed by atoms with van der Waals surface area (Å²) >= 11 is 0. The largest absolute Gasteiger partial charge is 0.355 e. The lowest BCUT2D eigenvalue weighted by Crippen LogP contribution is -2.57. The Balaban J connectivity index is 2.01. The second-order valence-corrected chi connectivity index (χ2v) is 6.56. The van der Waals surface area contributed by atoms with Crippen LogP contribution in [-0.2, 0) is 25.7 Å². The molecule has 1 unspecified atom stereocenters. The number of carbonyl (C=O) groups is 3. The minimum Gasteiger partial charge on any atom is -0.355 e. The number of benzene rings is 2. The van der Waals surface area contributed by atoms with Crippen molar-refractivity contribution >= 4 is 17.7 Å². The van der Waals surface area contributed by atoms with Gasteiger partial charge in [-0.15, -0.1) is 0 Å². The third kappa shape index (κ3) is 6.13. The first-order valence-corrected chi connectivity index (χ1v) is 9.12. The van der Waals surface area contributed by atoms with E-state index < -0.39 is 17.4 Å². The maximum absolute atomic E-state index is 12.4. The van der Waals surface area contributed by atoms with Crippen molar-refractivity contribution in [3.05, 3.63) is 60.2 Å². The Morgan fingerprint density at radius 2 is 1.48 bits per heavy atom. The molecule has 2 aromatic rings. The first-order valence-electron chi connectivity index (χ1n) is 9.12. The molecule has 8 nitrogen and oxygen atoms in total. The number of amides is 3. The van der Waals surface area contributed by atoms with Gasteiger partial charge < -0.3 is 15.4 Å². The van der Waals surface area contributed by atoms with Crippen molar-refractivity contribution < 1.29 is 24.3 Å². The number of hydrogen-bond acceptors (Lipinski definition) is 5. The molecule has 0 aliphatic carbocycles. The van der Waals surface area contributed by atoms with Gasteiger partial charge in [0.1, 0.15) is 0 Å². The van der Waals surface area contributed by atoms with Gasteiger partial charge in [-0.25, -0.2) is 5.48 Å². The van der Waals surface area contributed by atoms with Gasteiger partial charge in [0.25, 0.3) is 11.8 Å². The molecule has 0 heterocycles. The van der Waals surface area contributed by atoms with Gasteiger partial charge in [0.15, 0.2) is 0 Å². The summed E-state index contributed by atoms with van der Waals surface area (Å²) in [6, 6.07) is 17.4. The molecule has 0 aliphatic heterocycles. The Morgan fingerprint density at radius 3 is 2.07 bits per heavy atom. The fourth-order valence-electron chi connectivity index (χ4n) is 2.58. The average molecular weight is 399 g/mol. The first kappa shape index (κ1) is 22.1. The number of ether oxygens (including phenoxy) is 1. The molecule has 0 radical (unpaired) electrons. The zero-order valence-electron chi connectivity index (χ0n) is 16.4. The molecule has 0 saturated carbocycles. The second-order valence-electron chi connectivity index (χ2n) is 6.56. The smallest absolute Gasteiger partial charge is 0.285 e. The van der Waals surface area contributed by atoms with Gasteiger partial charge in [0, 0.05) is 20.0 Å². The summed E-state index contributed by atoms with van der Waals surface area (Å²) < 4.78 is 5.58. The molecule has 0 bridgehead atoms. The van der Waals surface area contributed by atoms with Gasteiger partial charge in [-0.2, -0.15) is 0 Å². The molecule has 0 aromatic heterocycles. The van der Waals surface area contributed by atoms with Crippen LogP contribution in [-0.4, -0.2) is 41.6 Å². The van der Waals surface area contributed by atoms with Crippen molar-refractivity contribution in [3.8, 4) is 11.1 Å². The third-order valence-corrected chi connectivity index (χ3v) is 4.34. The van der Waals surface area contributed by atoms with Crippen molar-refractivity contribution in [1.29, 1.82) is 0 Å². The van der Waals surface area contributed by atoms with Gasteiger partial charge in [-0.3, -0.25) is 19.6 Å². The second kappa shape index (κ2) is 10.4. The molecular weight excluding hydrogens is 374 g/mol. The fourth-order valence-corrected chi connectivity index (χ4v) is 2.58. The predicted octanol–water partition coefficient (Wildman–Crippen LogP) is 1.39. The summed E-state index contributed by atoms with van der Waals surface area (Å²) in [6.07, 6.45) is 0. The van der Waals surface area contributed by atoms with E-state index in [0.29, 0.717) is 0 Å². The van der Waals surface area contributed by atoms with Crippen LogP contribution in [0.2, 0.25) is 0 Å². The normalized spacial score (nSPS) is 12.5. The van der Waals surface area contributed by atoms with Crippen molar-refractivity contribution in [1.82, 2.24) is 16.1 Å². The minimum atomic E-state index is -1.94. The van der Waals surface area contributed by atoms with E-state index in [0.717, 1.165) is 16.7 Å². The van der Waals surface area contributed by atoms with Crippen LogP contribution < -0.4 is 16.1 Å². The van der Waals surface area contributed by atoms with Crippen molar-refractivity contribution in [2.75, 3.05) is 13.1 Å². The first-order chi connectivity index (χ1) is 13.9. The molecule has 1 atom stereocenters. The lowest BCUT2D eigenvalue weighted by molar-refractivity contribution is -0.166. The zero-order chi connectivity index (χ0) is 21.3. The molecule has 0 fully saturated rings. The summed E-state index contributed by atoms with van der Waals surface area (Å²) in [6.45, 7) is 2.93. The van der Waals surface area contributed by atoms with E-state index >= 15 is 0 Å². The standard InChI is InChI=1S/C21H25N3O5/c1-15(25)22-12-13-23-19(26)21(2,20(27)24-28)29-14-16-8-10-18(11-9-16)17-6-4-3-5-7-17/h3-11,28H,12-14H2,1-2H3,(H,22,25)(H,23,26)(H,24,27). The molecule has 29 heavy (non-hydrogen) atoms. The summed E-state index contributed by atoms with van der Waals surface area (Å²) in [5, 5.41) is 14.0. The molecule has 154 valence electrons. The Kier molecular flexibility index (Phi) is 7.88. The van der Waals surface area contributed by atoms with Crippen LogP contribution in [0.15, 0.2) is 54.6 Å². The van der Waals surface area contributed by atoms with Crippen molar-refractivity contribution in [2.45, 2.75) is 26.1 Å². The summed E-state index contributed by atoms with van der Waals surface area (Å²) in [7, 11) is 0. The fraction of sp³-hybridized carbons (Fsp3) is 0.286. The van der Waals surface area contributed by atoms with Crippen LogP contribution in [0.25, 0.3) is 11.1 Å². The van der Waals surface area contributed by atoms with E-state index in [1.165, 1.54) is 19.3 Å². The predicted molar refractivity (Wildman–Crippen MR) is 107 cm³/mol. The topological polar surface area (TPSA) is 117 Å². The highest BCUT2D eigenvalue weighted by molar-refractivity contribution is 6.07. The van der Waals surface area contributed by atoms with Crippen molar-refractivity contribution in [3.63, 3.8) is 0 Å². The molecule has 0 aliphatic rings. The Bertz CT molecular complexity index is 839. The molecule has 2 rings (SSSR count). The van der Waals surface area contributed by atoms with Crippen molar-refractivity contribution in [2.24, 2.45) is 0 Å². The highest BCUT2D eigenvalue weighted by atomic mass is 16.5. The number of nitrogens with one attached hydrogen (secondary N) is 3. The van der Waals surface area contributed by atoms with E-state index in [1.54, 1.807) is 0 Å². The number of hydrogen-bond donors (Lipinski definition) is 4. The lowest BCUT2D eigenvalue weighted by Gasteiger charge is -2.26. The molecule has 0 spiro atoms. The van der Waals surface area contributed by atoms with Gasteiger partial charge in [-0.05, 0) is 23.6 Å². The Hall–Kier alpha value is -3.23. The summed E-state index contributed by atoms with van der Waals surface area (Å²) in [5.41, 5.74) is 2.38. The van der Waals surface area contributed by atoms with Crippen LogP contribution in [0, 0.1) is 0 Å². The SMILES string of the molecule is CC(=O)NCCNC(=O)C(C)(OCc1ccc(-c2ccccc2)cc1)C(=O)NO. The van der Waals surface area contributed by atoms with E-state index in [9.17, 15) is 14.4 Å². The molecular formula is C21H25N3O5. The van der Waals surface area contributed by atoms with E-state index in [1.807, 2.05) is 54.6 Å². The minimum absolute atomic E-state index is 0.0158. The number of hydroxylamine groups is 1. The summed E-state index contributed by atoms with van der Waals surface area (Å²) in [4.78, 5) is 35.4. The number of carbonyl (C=O) groups excluding carboxylic acids is 3. The van der Waals surface area contributed by atoms with Crippen LogP contribution in [0.3, 0.4) is 0 Å². The van der Waals surface area contributed by atoms with E-state index in [2.05, 4.69) is 10.6 Å². The molecule has 3 amide bonds. The van der Waals surface area contributed by atoms with Gasteiger partial charge in [0.2, 0.25) is 11.5 Å². The van der Waals surface area contributed by atoms with Gasteiger partial charge in [0.05, 0.1) is 6.61 Å². The molecule has 0 saturated heterocycles. The molecule has 4 N–H and O–H groups in total.